The third-order valence-corrected chi connectivity index (χ3v) is 8.73. The van der Waals surface area contributed by atoms with Crippen molar-refractivity contribution in [1.29, 1.82) is 0 Å². The molecule has 0 spiro atoms. The van der Waals surface area contributed by atoms with Crippen LogP contribution >= 0.6 is 7.82 Å². The van der Waals surface area contributed by atoms with E-state index in [1.54, 1.807) is 6.08 Å². The lowest BCUT2D eigenvalue weighted by Crippen LogP contribution is -2.29. The molecule has 56 heavy (non-hydrogen) atoms. The van der Waals surface area contributed by atoms with Crippen LogP contribution in [0, 0.1) is 0 Å². The molecule has 0 aromatic heterocycles. The van der Waals surface area contributed by atoms with Gasteiger partial charge in [0.25, 0.3) is 0 Å². The zero-order valence-corrected chi connectivity index (χ0v) is 35.1. The third kappa shape index (κ3) is 38.9. The van der Waals surface area contributed by atoms with E-state index in [2.05, 4.69) is 74.6 Å². The second kappa shape index (κ2) is 39.8. The molecule has 11 heteroatoms. The van der Waals surface area contributed by atoms with Gasteiger partial charge in [0.05, 0.1) is 19.3 Å². The summed E-state index contributed by atoms with van der Waals surface area (Å²) in [4.78, 5) is 34.8. The number of hydrogen-bond acceptors (Lipinski definition) is 9. The maximum atomic E-state index is 12.6. The van der Waals surface area contributed by atoms with Gasteiger partial charge >= 0.3 is 19.8 Å². The molecular weight excluding hydrogens is 729 g/mol. The molecule has 0 bridgehead atoms. The number of phosphoric acid groups is 1. The summed E-state index contributed by atoms with van der Waals surface area (Å²) in [6, 6.07) is 0. The first-order valence-corrected chi connectivity index (χ1v) is 22.0. The number of hydrogen-bond donors (Lipinski definition) is 3. The van der Waals surface area contributed by atoms with Crippen LogP contribution in [-0.4, -0.2) is 60.5 Å². The van der Waals surface area contributed by atoms with Crippen LogP contribution in [0.1, 0.15) is 123 Å². The first-order chi connectivity index (χ1) is 27.2. The predicted molar refractivity (Wildman–Crippen MR) is 230 cm³/mol. The number of rotatable bonds is 36. The number of esters is 2. The molecule has 0 fully saturated rings. The molecule has 0 radical (unpaired) electrons. The van der Waals surface area contributed by atoms with E-state index in [1.807, 2.05) is 42.5 Å². The Morgan fingerprint density at radius 2 is 1.18 bits per heavy atom. The Kier molecular flexibility index (Phi) is 37.5. The molecular formula is C45H72NO9P. The van der Waals surface area contributed by atoms with Crippen LogP contribution in [-0.2, 0) is 32.7 Å². The molecule has 2 unspecified atom stereocenters. The molecule has 3 atom stereocenters. The molecule has 0 aliphatic heterocycles. The van der Waals surface area contributed by atoms with E-state index < -0.39 is 38.6 Å². The Morgan fingerprint density at radius 3 is 1.82 bits per heavy atom. The first-order valence-electron chi connectivity index (χ1n) is 20.5. The molecule has 316 valence electrons. The zero-order chi connectivity index (χ0) is 41.2. The van der Waals surface area contributed by atoms with Crippen molar-refractivity contribution < 1.29 is 42.7 Å². The largest absolute Gasteiger partial charge is 0.472 e. The van der Waals surface area contributed by atoms with Crippen LogP contribution < -0.4 is 5.73 Å². The predicted octanol–water partition coefficient (Wildman–Crippen LogP) is 10.6. The maximum Gasteiger partial charge on any atom is 0.472 e. The minimum atomic E-state index is -4.41. The SMILES string of the molecule is CC/C=C\C/C=C\C/C=C\CCCCCCCC(=O)O[C@H](COC(=O)CC/C=C\C/C=C\C/C=C\C/C=C/C=C/C(O)C/C=C\CC)COP(=O)(O)OCCN. The zero-order valence-electron chi connectivity index (χ0n) is 34.2. The third-order valence-electron chi connectivity index (χ3n) is 7.75. The molecule has 0 heterocycles. The lowest BCUT2D eigenvalue weighted by atomic mass is 10.1. The van der Waals surface area contributed by atoms with E-state index in [1.165, 1.54) is 0 Å². The fraction of sp³-hybridized carbons (Fsp3) is 0.556. The van der Waals surface area contributed by atoms with Gasteiger partial charge in [0.15, 0.2) is 6.10 Å². The van der Waals surface area contributed by atoms with Crippen molar-refractivity contribution in [3.05, 3.63) is 109 Å². The Bertz CT molecular complexity index is 1300. The summed E-state index contributed by atoms with van der Waals surface area (Å²) in [5.41, 5.74) is 5.33. The van der Waals surface area contributed by atoms with Gasteiger partial charge < -0.3 is 25.2 Å². The van der Waals surface area contributed by atoms with Crippen molar-refractivity contribution >= 4 is 19.8 Å². The number of carbonyl (C=O) groups is 2. The topological polar surface area (TPSA) is 155 Å². The summed E-state index contributed by atoms with van der Waals surface area (Å²) in [5, 5.41) is 9.83. The van der Waals surface area contributed by atoms with Gasteiger partial charge in [-0.3, -0.25) is 18.6 Å². The van der Waals surface area contributed by atoms with Gasteiger partial charge in [0.1, 0.15) is 6.61 Å². The minimum Gasteiger partial charge on any atom is -0.462 e. The highest BCUT2D eigenvalue weighted by molar-refractivity contribution is 7.47. The van der Waals surface area contributed by atoms with Crippen molar-refractivity contribution in [2.24, 2.45) is 5.73 Å². The van der Waals surface area contributed by atoms with Crippen LogP contribution in [0.15, 0.2) is 109 Å². The van der Waals surface area contributed by atoms with Gasteiger partial charge in [0.2, 0.25) is 0 Å². The Hall–Kier alpha value is -3.37. The number of phosphoric ester groups is 1. The van der Waals surface area contributed by atoms with Gasteiger partial charge in [0, 0.05) is 19.4 Å². The molecule has 4 N–H and O–H groups in total. The highest BCUT2D eigenvalue weighted by Crippen LogP contribution is 2.43. The summed E-state index contributed by atoms with van der Waals surface area (Å²) in [6.45, 7) is 3.25. The molecule has 0 aromatic rings. The maximum absolute atomic E-state index is 12.6. The van der Waals surface area contributed by atoms with Crippen LogP contribution in [0.25, 0.3) is 0 Å². The van der Waals surface area contributed by atoms with E-state index in [9.17, 15) is 24.2 Å². The monoisotopic (exact) mass is 801 g/mol. The molecule has 10 nitrogen and oxygen atoms in total. The fourth-order valence-corrected chi connectivity index (χ4v) is 5.52. The molecule has 0 amide bonds. The van der Waals surface area contributed by atoms with Gasteiger partial charge in [-0.05, 0) is 77.0 Å². The van der Waals surface area contributed by atoms with E-state index in [4.69, 9.17) is 24.3 Å². The van der Waals surface area contributed by atoms with Crippen molar-refractivity contribution in [2.75, 3.05) is 26.4 Å². The summed E-state index contributed by atoms with van der Waals surface area (Å²) in [6.07, 6.45) is 48.9. The van der Waals surface area contributed by atoms with Gasteiger partial charge in [-0.25, -0.2) is 4.57 Å². The lowest BCUT2D eigenvalue weighted by Gasteiger charge is -2.19. The number of aliphatic hydroxyl groups is 1. The van der Waals surface area contributed by atoms with Gasteiger partial charge in [-0.1, -0.05) is 142 Å². The Balaban J connectivity index is 4.40. The lowest BCUT2D eigenvalue weighted by molar-refractivity contribution is -0.161. The highest BCUT2D eigenvalue weighted by Gasteiger charge is 2.25. The fourth-order valence-electron chi connectivity index (χ4n) is 4.76. The van der Waals surface area contributed by atoms with Crippen molar-refractivity contribution in [2.45, 2.75) is 135 Å². The van der Waals surface area contributed by atoms with Crippen LogP contribution in [0.2, 0.25) is 0 Å². The van der Waals surface area contributed by atoms with Crippen molar-refractivity contribution in [1.82, 2.24) is 0 Å². The number of carbonyl (C=O) groups excluding carboxylic acids is 2. The second-order valence-electron chi connectivity index (χ2n) is 12.9. The minimum absolute atomic E-state index is 0.0281. The Morgan fingerprint density at radius 1 is 0.625 bits per heavy atom. The van der Waals surface area contributed by atoms with Crippen LogP contribution in [0.4, 0.5) is 0 Å². The smallest absolute Gasteiger partial charge is 0.462 e. The number of allylic oxidation sites excluding steroid dienone is 16. The molecule has 0 rings (SSSR count). The summed E-state index contributed by atoms with van der Waals surface area (Å²) < 4.78 is 32.6. The average Bonchev–Trinajstić information content (AvgIpc) is 3.18. The van der Waals surface area contributed by atoms with Gasteiger partial charge in [-0.2, -0.15) is 0 Å². The van der Waals surface area contributed by atoms with E-state index in [0.717, 1.165) is 77.0 Å². The number of unbranched alkanes of at least 4 members (excludes halogenated alkanes) is 5. The number of ether oxygens (including phenoxy) is 2. The molecule has 0 aliphatic rings. The average molecular weight is 802 g/mol. The molecule has 0 saturated carbocycles. The molecule has 0 saturated heterocycles. The van der Waals surface area contributed by atoms with Gasteiger partial charge in [-0.15, -0.1) is 0 Å². The number of nitrogens with two attached hydrogens (primary N) is 1. The first kappa shape index (κ1) is 52.6. The Labute approximate surface area is 338 Å². The summed E-state index contributed by atoms with van der Waals surface area (Å²) in [5.74, 6) is -0.982. The number of aliphatic hydroxyl groups excluding tert-OH is 1. The van der Waals surface area contributed by atoms with Crippen molar-refractivity contribution in [3.8, 4) is 0 Å². The summed E-state index contributed by atoms with van der Waals surface area (Å²) in [7, 11) is -4.41. The second-order valence-corrected chi connectivity index (χ2v) is 14.4. The normalized spacial score (nSPS) is 15.0. The van der Waals surface area contributed by atoms with Crippen LogP contribution in [0.5, 0.6) is 0 Å². The van der Waals surface area contributed by atoms with Crippen LogP contribution in [0.3, 0.4) is 0 Å². The van der Waals surface area contributed by atoms with E-state index in [0.29, 0.717) is 19.3 Å². The summed E-state index contributed by atoms with van der Waals surface area (Å²) >= 11 is 0. The quantitative estimate of drug-likeness (QED) is 0.0183. The van der Waals surface area contributed by atoms with E-state index in [-0.39, 0.29) is 32.6 Å². The molecule has 0 aromatic carbocycles. The van der Waals surface area contributed by atoms with Crippen molar-refractivity contribution in [3.63, 3.8) is 0 Å². The highest BCUT2D eigenvalue weighted by atomic mass is 31.2. The standard InChI is InChI=1S/C45H72NO9P/c1-3-5-7-8-9-10-11-12-13-16-20-23-26-29-33-37-45(49)55-43(41-54-56(50,51)53-39-38-46)40-52-44(48)36-32-28-25-22-19-17-14-15-18-21-24-27-31-35-42(47)34-30-6-4-2/h5-7,9-10,12-13,15,17-19,24-25,27-28,30-31,35,42-43,47H,3-4,8,11,14,16,20-23,26,29,32-34,36-41,46H2,1-2H3,(H,50,51)/b7-5-,10-9-,13-12-,18-15-,19-17-,27-24+,28-25-,30-6-,35-31+/t42?,43-/m1/s1. The molecule has 0 aliphatic carbocycles. The van der Waals surface area contributed by atoms with E-state index >= 15 is 0 Å².